The molecule has 0 radical (unpaired) electrons. The van der Waals surface area contributed by atoms with Crippen LogP contribution in [0.2, 0.25) is 0 Å². The zero-order chi connectivity index (χ0) is 13.1. The number of rotatable bonds is 4. The molecule has 1 atom stereocenters. The van der Waals surface area contributed by atoms with Crippen molar-refractivity contribution in [3.8, 4) is 11.4 Å². The van der Waals surface area contributed by atoms with Gasteiger partial charge in [-0.25, -0.2) is 4.68 Å². The number of hydrogen-bond donors (Lipinski definition) is 1. The Kier molecular flexibility index (Phi) is 3.27. The van der Waals surface area contributed by atoms with E-state index >= 15 is 0 Å². The first-order valence-electron chi connectivity index (χ1n) is 5.55. The highest BCUT2D eigenvalue weighted by molar-refractivity contribution is 5.67. The molecule has 2 rings (SSSR count). The molecule has 0 aliphatic carbocycles. The molecule has 0 spiro atoms. The van der Waals surface area contributed by atoms with Gasteiger partial charge in [0.2, 0.25) is 0 Å². The van der Waals surface area contributed by atoms with Gasteiger partial charge in [0, 0.05) is 23.9 Å². The molecule has 1 aromatic heterocycles. The monoisotopic (exact) mass is 245 g/mol. The highest BCUT2D eigenvalue weighted by Gasteiger charge is 2.14. The molecule has 0 fully saturated rings. The Morgan fingerprint density at radius 2 is 2.06 bits per heavy atom. The predicted molar refractivity (Wildman–Crippen MR) is 63.5 cm³/mol. The van der Waals surface area contributed by atoms with Crippen molar-refractivity contribution in [2.45, 2.75) is 13.3 Å². The van der Waals surface area contributed by atoms with E-state index in [0.29, 0.717) is 11.6 Å². The number of carboxylic acid groups (broad SMARTS) is 1. The molecule has 1 heterocycles. The summed E-state index contributed by atoms with van der Waals surface area (Å²) in [7, 11) is 0. The molecule has 0 saturated carbocycles. The van der Waals surface area contributed by atoms with Gasteiger partial charge in [0.05, 0.1) is 0 Å². The second kappa shape index (κ2) is 4.87. The van der Waals surface area contributed by atoms with Gasteiger partial charge >= 0.3 is 0 Å². The van der Waals surface area contributed by atoms with Crippen LogP contribution in [-0.4, -0.2) is 20.8 Å². The SMILES string of the molecule is C[C@H](Cc1nnc(-c2ccccc2)n1N)C(=O)[O-]. The lowest BCUT2D eigenvalue weighted by Gasteiger charge is -2.11. The van der Waals surface area contributed by atoms with Crippen molar-refractivity contribution in [3.63, 3.8) is 0 Å². The number of nitrogens with zero attached hydrogens (tertiary/aromatic N) is 3. The smallest absolute Gasteiger partial charge is 0.182 e. The van der Waals surface area contributed by atoms with Crippen LogP contribution in [0.1, 0.15) is 12.7 Å². The van der Waals surface area contributed by atoms with E-state index in [9.17, 15) is 9.90 Å². The van der Waals surface area contributed by atoms with E-state index in [1.165, 1.54) is 4.68 Å². The molecule has 0 bridgehead atoms. The Morgan fingerprint density at radius 1 is 1.39 bits per heavy atom. The molecular weight excluding hydrogens is 232 g/mol. The van der Waals surface area contributed by atoms with Crippen molar-refractivity contribution < 1.29 is 9.90 Å². The number of carboxylic acids is 1. The van der Waals surface area contributed by atoms with Crippen LogP contribution >= 0.6 is 0 Å². The molecule has 0 unspecified atom stereocenters. The van der Waals surface area contributed by atoms with Gasteiger partial charge in [-0.3, -0.25) is 0 Å². The second-order valence-electron chi connectivity index (χ2n) is 4.10. The molecule has 1 aromatic carbocycles. The number of hydrogen-bond acceptors (Lipinski definition) is 5. The average Bonchev–Trinajstić information content (AvgIpc) is 2.72. The van der Waals surface area contributed by atoms with Crippen LogP contribution in [-0.2, 0) is 11.2 Å². The first kappa shape index (κ1) is 12.1. The Morgan fingerprint density at radius 3 is 2.67 bits per heavy atom. The third-order valence-corrected chi connectivity index (χ3v) is 2.69. The van der Waals surface area contributed by atoms with Crippen molar-refractivity contribution in [1.29, 1.82) is 0 Å². The summed E-state index contributed by atoms with van der Waals surface area (Å²) in [6.07, 6.45) is 0.193. The Bertz CT molecular complexity index is 550. The Hall–Kier alpha value is -2.37. The van der Waals surface area contributed by atoms with E-state index in [1.54, 1.807) is 6.92 Å². The number of benzene rings is 1. The first-order chi connectivity index (χ1) is 8.59. The van der Waals surface area contributed by atoms with Gasteiger partial charge in [-0.2, -0.15) is 0 Å². The van der Waals surface area contributed by atoms with Gasteiger partial charge in [-0.05, 0) is 0 Å². The quantitative estimate of drug-likeness (QED) is 0.738. The van der Waals surface area contributed by atoms with Crippen molar-refractivity contribution >= 4 is 5.97 Å². The van der Waals surface area contributed by atoms with Crippen LogP contribution in [0.5, 0.6) is 0 Å². The van der Waals surface area contributed by atoms with Gasteiger partial charge in [-0.15, -0.1) is 10.2 Å². The first-order valence-corrected chi connectivity index (χ1v) is 5.55. The molecule has 6 heteroatoms. The Balaban J connectivity index is 2.27. The molecule has 0 amide bonds. The van der Waals surface area contributed by atoms with Crippen molar-refractivity contribution in [2.75, 3.05) is 5.84 Å². The minimum Gasteiger partial charge on any atom is -0.550 e. The number of aliphatic carboxylic acids is 1. The number of aromatic nitrogens is 3. The number of nitrogens with two attached hydrogens (primary N) is 1. The van der Waals surface area contributed by atoms with Crippen LogP contribution < -0.4 is 10.9 Å². The molecule has 0 saturated heterocycles. The van der Waals surface area contributed by atoms with Crippen LogP contribution in [0.3, 0.4) is 0 Å². The fourth-order valence-corrected chi connectivity index (χ4v) is 1.60. The molecule has 6 nitrogen and oxygen atoms in total. The standard InChI is InChI=1S/C12H14N4O2/c1-8(12(17)18)7-10-14-15-11(16(10)13)9-5-3-2-4-6-9/h2-6,8H,7,13H2,1H3,(H,17,18)/p-1/t8-/m1/s1. The summed E-state index contributed by atoms with van der Waals surface area (Å²) in [5.41, 5.74) is 0.833. The van der Waals surface area contributed by atoms with Gasteiger partial charge in [0.25, 0.3) is 0 Å². The maximum absolute atomic E-state index is 10.7. The number of carbonyl (C=O) groups is 1. The summed E-state index contributed by atoms with van der Waals surface area (Å²) in [6.45, 7) is 1.55. The molecule has 0 aliphatic rings. The van der Waals surface area contributed by atoms with E-state index in [-0.39, 0.29) is 6.42 Å². The summed E-state index contributed by atoms with van der Waals surface area (Å²) in [6, 6.07) is 9.35. The summed E-state index contributed by atoms with van der Waals surface area (Å²) < 4.78 is 1.31. The maximum Gasteiger partial charge on any atom is 0.182 e. The third kappa shape index (κ3) is 2.32. The van der Waals surface area contributed by atoms with Gasteiger partial charge in [-0.1, -0.05) is 37.3 Å². The van der Waals surface area contributed by atoms with Crippen molar-refractivity contribution in [3.05, 3.63) is 36.2 Å². The fourth-order valence-electron chi connectivity index (χ4n) is 1.60. The molecular formula is C12H13N4O2-. The molecule has 2 N–H and O–H groups in total. The fraction of sp³-hybridized carbons (Fsp3) is 0.250. The lowest BCUT2D eigenvalue weighted by molar-refractivity contribution is -0.310. The lowest BCUT2D eigenvalue weighted by Crippen LogP contribution is -2.31. The second-order valence-corrected chi connectivity index (χ2v) is 4.10. The zero-order valence-corrected chi connectivity index (χ0v) is 9.91. The zero-order valence-electron chi connectivity index (χ0n) is 9.91. The largest absolute Gasteiger partial charge is 0.550 e. The van der Waals surface area contributed by atoms with Crippen molar-refractivity contribution in [2.24, 2.45) is 5.92 Å². The van der Waals surface area contributed by atoms with Gasteiger partial charge < -0.3 is 15.7 Å². The molecule has 94 valence electrons. The minimum absolute atomic E-state index is 0.193. The van der Waals surface area contributed by atoms with Gasteiger partial charge in [0.15, 0.2) is 11.6 Å². The highest BCUT2D eigenvalue weighted by atomic mass is 16.4. The average molecular weight is 245 g/mol. The summed E-state index contributed by atoms with van der Waals surface area (Å²) in [5, 5.41) is 18.6. The van der Waals surface area contributed by atoms with E-state index < -0.39 is 11.9 Å². The van der Waals surface area contributed by atoms with Crippen LogP contribution in [0.25, 0.3) is 11.4 Å². The number of carbonyl (C=O) groups excluding carboxylic acids is 1. The predicted octanol–water partition coefficient (Wildman–Crippen LogP) is -0.413. The van der Waals surface area contributed by atoms with Crippen LogP contribution in [0.4, 0.5) is 0 Å². The summed E-state index contributed by atoms with van der Waals surface area (Å²) >= 11 is 0. The van der Waals surface area contributed by atoms with E-state index in [2.05, 4.69) is 10.2 Å². The normalized spacial score (nSPS) is 12.3. The third-order valence-electron chi connectivity index (χ3n) is 2.69. The van der Waals surface area contributed by atoms with E-state index in [0.717, 1.165) is 5.56 Å². The van der Waals surface area contributed by atoms with Crippen molar-refractivity contribution in [1.82, 2.24) is 14.9 Å². The van der Waals surface area contributed by atoms with Gasteiger partial charge in [0.1, 0.15) is 0 Å². The molecule has 2 aromatic rings. The van der Waals surface area contributed by atoms with Crippen LogP contribution in [0.15, 0.2) is 30.3 Å². The van der Waals surface area contributed by atoms with E-state index in [4.69, 9.17) is 5.84 Å². The Labute approximate surface area is 104 Å². The summed E-state index contributed by atoms with van der Waals surface area (Å²) in [5.74, 6) is 5.02. The van der Waals surface area contributed by atoms with Crippen LogP contribution in [0, 0.1) is 5.92 Å². The molecule has 18 heavy (non-hydrogen) atoms. The van der Waals surface area contributed by atoms with E-state index in [1.807, 2.05) is 30.3 Å². The number of nitrogen functional groups attached to an aromatic ring is 1. The maximum atomic E-state index is 10.7. The topological polar surface area (TPSA) is 96.9 Å². The summed E-state index contributed by atoms with van der Waals surface area (Å²) in [4.78, 5) is 10.7. The lowest BCUT2D eigenvalue weighted by atomic mass is 10.1. The molecule has 0 aliphatic heterocycles. The minimum atomic E-state index is -1.13. The highest BCUT2D eigenvalue weighted by Crippen LogP contribution is 2.16.